The summed E-state index contributed by atoms with van der Waals surface area (Å²) in [5, 5.41) is 0. The van der Waals surface area contributed by atoms with Crippen LogP contribution in [0, 0.1) is 0 Å². The van der Waals surface area contributed by atoms with Gasteiger partial charge in [-0.2, -0.15) is 0 Å². The van der Waals surface area contributed by atoms with Crippen LogP contribution in [-0.2, 0) is 0 Å². The fourth-order valence-corrected chi connectivity index (χ4v) is 12.3. The van der Waals surface area contributed by atoms with Crippen molar-refractivity contribution >= 4 is 44.7 Å². The fraction of sp³-hybridized carbons (Fsp3) is 0.533. The first-order valence-electron chi connectivity index (χ1n) is 7.07. The molecular weight excluding hydrogens is 343 g/mol. The van der Waals surface area contributed by atoms with Crippen LogP contribution in [0.3, 0.4) is 0 Å². The zero-order valence-electron chi connectivity index (χ0n) is 13.4. The summed E-state index contributed by atoms with van der Waals surface area (Å²) in [6, 6.07) is 10.1. The van der Waals surface area contributed by atoms with E-state index < -0.39 is 5.60 Å². The molecule has 1 aliphatic heterocycles. The second kappa shape index (κ2) is 4.64. The molecule has 0 bridgehead atoms. The molecule has 2 rings (SSSR count). The van der Waals surface area contributed by atoms with Gasteiger partial charge in [-0.05, 0) is 0 Å². The number of rotatable bonds is 1. The molecule has 6 heteroatoms. The zero-order valence-corrected chi connectivity index (χ0v) is 16.7. The molecule has 118 valence electrons. The molecule has 0 aliphatic carbocycles. The molecule has 0 amide bonds. The average molecular weight is 366 g/mol. The van der Waals surface area contributed by atoms with Crippen molar-refractivity contribution in [3.63, 3.8) is 0 Å². The first-order valence-corrected chi connectivity index (χ1v) is 12.5. The van der Waals surface area contributed by atoms with Crippen molar-refractivity contribution in [3.05, 3.63) is 35.9 Å². The predicted octanol–water partition coefficient (Wildman–Crippen LogP) is 4.96. The Morgan fingerprint density at radius 1 is 0.905 bits per heavy atom. The third-order valence-electron chi connectivity index (χ3n) is 3.50. The van der Waals surface area contributed by atoms with Gasteiger partial charge in [-0.25, -0.2) is 0 Å². The number of nitrogens with zero attached hydrogens (tertiary/aromatic N) is 2. The second-order valence-corrected chi connectivity index (χ2v) is 18.2. The SMILES string of the molecule is CC(C)(C)N1C(c2ccccc2)=[N+](C(C)(C)C)[Si-]1(Cl)(Cl)Cl. The monoisotopic (exact) mass is 364 g/mol. The van der Waals surface area contributed by atoms with Gasteiger partial charge in [-0.15, -0.1) is 0 Å². The molecule has 0 saturated heterocycles. The van der Waals surface area contributed by atoms with E-state index in [1.54, 1.807) is 0 Å². The van der Waals surface area contributed by atoms with Gasteiger partial charge in [0.15, 0.2) is 0 Å². The van der Waals surface area contributed by atoms with E-state index in [0.717, 1.165) is 11.4 Å². The molecule has 0 spiro atoms. The van der Waals surface area contributed by atoms with E-state index >= 15 is 0 Å². The molecule has 0 saturated carbocycles. The van der Waals surface area contributed by atoms with Crippen molar-refractivity contribution in [1.82, 2.24) is 4.57 Å². The Morgan fingerprint density at radius 3 is 1.76 bits per heavy atom. The molecule has 0 aromatic heterocycles. The van der Waals surface area contributed by atoms with Crippen LogP contribution in [0.2, 0.25) is 0 Å². The number of amidine groups is 1. The maximum absolute atomic E-state index is 6.82. The van der Waals surface area contributed by atoms with Crippen molar-refractivity contribution in [3.8, 4) is 0 Å². The van der Waals surface area contributed by atoms with Crippen molar-refractivity contribution in [1.29, 1.82) is 0 Å². The summed E-state index contributed by atoms with van der Waals surface area (Å²) in [5.41, 5.74) is -3.38. The number of hydrogen-bond acceptors (Lipinski definition) is 1. The van der Waals surface area contributed by atoms with Crippen LogP contribution in [0.5, 0.6) is 0 Å². The predicted molar refractivity (Wildman–Crippen MR) is 95.5 cm³/mol. The molecule has 0 atom stereocenters. The molecule has 1 aromatic rings. The van der Waals surface area contributed by atoms with E-state index in [0.29, 0.717) is 0 Å². The van der Waals surface area contributed by atoms with Gasteiger partial charge in [0.1, 0.15) is 0 Å². The minimum absolute atomic E-state index is 0.258. The van der Waals surface area contributed by atoms with Crippen LogP contribution in [-0.4, -0.2) is 31.3 Å². The molecule has 0 fully saturated rings. The normalized spacial score (nSPS) is 23.3. The second-order valence-electron chi connectivity index (χ2n) is 7.52. The van der Waals surface area contributed by atoms with Crippen molar-refractivity contribution in [2.24, 2.45) is 0 Å². The standard InChI is InChI=1S/C15H23Cl3N2Si/c1-14(2,3)19-13(12-10-8-7-9-11-12)20(15(4,5)6)21(19,16,17)18/h7-11H,1-6H3. The fourth-order valence-electron chi connectivity index (χ4n) is 3.03. The zero-order chi connectivity index (χ0) is 16.3. The molecule has 1 aromatic carbocycles. The van der Waals surface area contributed by atoms with Crippen molar-refractivity contribution in [2.45, 2.75) is 52.6 Å². The molecule has 0 radical (unpaired) electrons. The van der Waals surface area contributed by atoms with Crippen LogP contribution in [0.25, 0.3) is 0 Å². The topological polar surface area (TPSA) is 6.25 Å². The summed E-state index contributed by atoms with van der Waals surface area (Å²) in [6.07, 6.45) is 0. The Kier molecular flexibility index (Phi) is 3.78. The van der Waals surface area contributed by atoms with E-state index in [2.05, 4.69) is 53.7 Å². The summed E-state index contributed by atoms with van der Waals surface area (Å²) >= 11 is 20.5. The van der Waals surface area contributed by atoms with Gasteiger partial charge in [0, 0.05) is 0 Å². The molecular formula is C15H23Cl3N2Si. The van der Waals surface area contributed by atoms with Gasteiger partial charge in [-0.3, -0.25) is 0 Å². The molecule has 0 N–H and O–H groups in total. The van der Waals surface area contributed by atoms with Crippen LogP contribution in [0.4, 0.5) is 0 Å². The van der Waals surface area contributed by atoms with Gasteiger partial charge in [-0.1, -0.05) is 0 Å². The molecule has 1 heterocycles. The third kappa shape index (κ3) is 2.74. The molecule has 1 aliphatic rings. The van der Waals surface area contributed by atoms with Gasteiger partial charge in [0.05, 0.1) is 0 Å². The van der Waals surface area contributed by atoms with Gasteiger partial charge in [0.2, 0.25) is 0 Å². The molecule has 2 nitrogen and oxygen atoms in total. The first-order chi connectivity index (χ1) is 9.25. The third-order valence-corrected chi connectivity index (χ3v) is 9.73. The summed E-state index contributed by atoms with van der Waals surface area (Å²) < 4.78 is 4.02. The number of halogens is 3. The van der Waals surface area contributed by atoms with E-state index in [1.807, 2.05) is 27.0 Å². The first kappa shape index (κ1) is 17.1. The Bertz CT molecular complexity index is 589. The van der Waals surface area contributed by atoms with E-state index in [4.69, 9.17) is 33.2 Å². The Hall–Kier alpha value is -0.223. The summed E-state index contributed by atoms with van der Waals surface area (Å²) in [4.78, 5) is 0. The summed E-state index contributed by atoms with van der Waals surface area (Å²) in [5.74, 6) is 1.00. The van der Waals surface area contributed by atoms with Crippen molar-refractivity contribution in [2.75, 3.05) is 0 Å². The van der Waals surface area contributed by atoms with Crippen LogP contribution in [0.1, 0.15) is 47.1 Å². The molecule has 21 heavy (non-hydrogen) atoms. The van der Waals surface area contributed by atoms with Gasteiger partial charge >= 0.3 is 142 Å². The van der Waals surface area contributed by atoms with E-state index in [1.165, 1.54) is 0 Å². The summed E-state index contributed by atoms with van der Waals surface area (Å²) in [7, 11) is 0. The van der Waals surface area contributed by atoms with Crippen LogP contribution >= 0.6 is 33.2 Å². The molecule has 0 unspecified atom stereocenters. The quantitative estimate of drug-likeness (QED) is 0.503. The van der Waals surface area contributed by atoms with Crippen molar-refractivity contribution < 1.29 is 4.24 Å². The Labute approximate surface area is 142 Å². The number of hydrogen-bond donors (Lipinski definition) is 0. The van der Waals surface area contributed by atoms with Crippen LogP contribution < -0.4 is 0 Å². The van der Waals surface area contributed by atoms with E-state index in [9.17, 15) is 0 Å². The Morgan fingerprint density at radius 2 is 1.38 bits per heavy atom. The average Bonchev–Trinajstić information content (AvgIpc) is 2.22. The maximum atomic E-state index is 6.82. The minimum atomic E-state index is -3.95. The Balaban J connectivity index is 2.78. The van der Waals surface area contributed by atoms with E-state index in [-0.39, 0.29) is 11.1 Å². The summed E-state index contributed by atoms with van der Waals surface area (Å²) in [6.45, 7) is 12.5. The van der Waals surface area contributed by atoms with Gasteiger partial charge < -0.3 is 0 Å². The number of benzene rings is 1. The van der Waals surface area contributed by atoms with Gasteiger partial charge in [0.25, 0.3) is 0 Å². The van der Waals surface area contributed by atoms with Crippen LogP contribution in [0.15, 0.2) is 30.3 Å².